The molecule has 0 aliphatic carbocycles. The van der Waals surface area contributed by atoms with E-state index < -0.39 is 0 Å². The van der Waals surface area contributed by atoms with Gasteiger partial charge in [-0.1, -0.05) is 315 Å². The molecule has 0 saturated heterocycles. The third kappa shape index (κ3) is 15.4. The van der Waals surface area contributed by atoms with Crippen molar-refractivity contribution < 1.29 is 0 Å². The summed E-state index contributed by atoms with van der Waals surface area (Å²) < 4.78 is 7.54. The van der Waals surface area contributed by atoms with E-state index in [4.69, 9.17) is 49.8 Å². The highest BCUT2D eigenvalue weighted by Gasteiger charge is 2.20. The number of nitrogens with zero attached hydrogens (tertiary/aromatic N) is 10. The van der Waals surface area contributed by atoms with Crippen LogP contribution in [-0.2, 0) is 0 Å². The molecule has 120 heavy (non-hydrogen) atoms. The lowest BCUT2D eigenvalue weighted by Crippen LogP contribution is -1.97. The van der Waals surface area contributed by atoms with Gasteiger partial charge in [0.1, 0.15) is 0 Å². The van der Waals surface area contributed by atoms with Gasteiger partial charge < -0.3 is 4.57 Å². The fourth-order valence-corrected chi connectivity index (χ4v) is 18.4. The molecule has 6 aromatic heterocycles. The highest BCUT2D eigenvalue weighted by molar-refractivity contribution is 7.26. The lowest BCUT2D eigenvalue weighted by Gasteiger charge is -2.09. The Labute approximate surface area is 714 Å². The zero-order valence-electron chi connectivity index (χ0n) is 64.0. The first kappa shape index (κ1) is 74.5. The standard InChI is InChI=1S/C39H25ClN4.2C33H20ClN3S/c40-39-42-37(28-20-18-27(19-21-28)26-10-3-1-4-11-26)41-38(43-39)31-13-9-12-29(24-31)30-22-23-36-34(25-30)33-16-7-8-17-35(33)44(36)32-14-5-2-6-15-32;34-33-36-31(21-9-2-1-3-10-21)35-32(37-33)25-14-7-12-23(20-25)22-11-6-13-24(19-22)26-16-8-17-28-27-15-4-5-18-29(27)38-30(26)28;34-33-36-31(23-15-13-22(14-16-23)21-7-2-1-3-8-21)35-32(37-33)26-10-6-9-24(19-26)25-17-18-30-28(20-25)27-11-4-5-12-29(27)38-30/h1-25H;2*1-20H. The van der Waals surface area contributed by atoms with Crippen LogP contribution in [0.3, 0.4) is 0 Å². The highest BCUT2D eigenvalue weighted by atomic mass is 35.5. The van der Waals surface area contributed by atoms with Crippen LogP contribution < -0.4 is 0 Å². The number of hydrogen-bond donors (Lipinski definition) is 0. The Balaban J connectivity index is 0.000000115. The van der Waals surface area contributed by atoms with Crippen molar-refractivity contribution in [2.75, 3.05) is 0 Å². The van der Waals surface area contributed by atoms with Crippen molar-refractivity contribution in [3.63, 3.8) is 0 Å². The summed E-state index contributed by atoms with van der Waals surface area (Å²) in [7, 11) is 0. The molecule has 0 fully saturated rings. The van der Waals surface area contributed by atoms with E-state index in [1.807, 2.05) is 156 Å². The Morgan fingerprint density at radius 1 is 0.183 bits per heavy atom. The molecule has 0 saturated carbocycles. The van der Waals surface area contributed by atoms with Crippen molar-refractivity contribution >= 4 is 120 Å². The van der Waals surface area contributed by atoms with Gasteiger partial charge in [0.05, 0.1) is 11.0 Å². The van der Waals surface area contributed by atoms with E-state index >= 15 is 0 Å². The van der Waals surface area contributed by atoms with Gasteiger partial charge in [-0.2, -0.15) is 29.9 Å². The van der Waals surface area contributed by atoms with Gasteiger partial charge in [-0.15, -0.1) is 22.7 Å². The van der Waals surface area contributed by atoms with Crippen LogP contribution in [0.15, 0.2) is 394 Å². The first-order chi connectivity index (χ1) is 59.1. The number of para-hydroxylation sites is 2. The molecule has 6 heterocycles. The minimum absolute atomic E-state index is 0.165. The van der Waals surface area contributed by atoms with Gasteiger partial charge in [0, 0.05) is 90.2 Å². The summed E-state index contributed by atoms with van der Waals surface area (Å²) in [6.45, 7) is 0. The van der Waals surface area contributed by atoms with Gasteiger partial charge in [-0.25, -0.2) is 15.0 Å². The third-order valence-electron chi connectivity index (χ3n) is 21.4. The zero-order chi connectivity index (χ0) is 80.4. The Bertz CT molecular complexity index is 7580. The topological polar surface area (TPSA) is 121 Å². The molecule has 0 unspecified atom stereocenters. The van der Waals surface area contributed by atoms with Gasteiger partial charge in [0.2, 0.25) is 15.9 Å². The number of aromatic nitrogens is 10. The average Bonchev–Trinajstić information content (AvgIpc) is 1.59. The Hall–Kier alpha value is -14.3. The fourth-order valence-electron chi connectivity index (χ4n) is 15.6. The van der Waals surface area contributed by atoms with Crippen molar-refractivity contribution in [1.29, 1.82) is 0 Å². The first-order valence-electron chi connectivity index (χ1n) is 39.1. The molecule has 0 spiro atoms. The number of rotatable bonds is 13. The maximum absolute atomic E-state index is 6.44. The summed E-state index contributed by atoms with van der Waals surface area (Å²) >= 11 is 22.8. The summed E-state index contributed by atoms with van der Waals surface area (Å²) in [5.41, 5.74) is 22.5. The number of halogens is 3. The van der Waals surface area contributed by atoms with Gasteiger partial charge in [0.25, 0.3) is 0 Å². The van der Waals surface area contributed by atoms with Crippen LogP contribution >= 0.6 is 57.5 Å². The molecule has 10 nitrogen and oxygen atoms in total. The van der Waals surface area contributed by atoms with Crippen LogP contribution in [0.25, 0.3) is 203 Å². The fraction of sp³-hybridized carbons (Fsp3) is 0. The van der Waals surface area contributed by atoms with Gasteiger partial charge in [0.15, 0.2) is 34.9 Å². The van der Waals surface area contributed by atoms with Crippen LogP contribution in [0, 0.1) is 0 Å². The lowest BCUT2D eigenvalue weighted by molar-refractivity contribution is 1.07. The van der Waals surface area contributed by atoms with E-state index in [1.165, 1.54) is 78.8 Å². The molecule has 22 rings (SSSR count). The largest absolute Gasteiger partial charge is 0.309 e. The van der Waals surface area contributed by atoms with Crippen LogP contribution in [0.2, 0.25) is 15.9 Å². The molecule has 0 N–H and O–H groups in total. The van der Waals surface area contributed by atoms with E-state index in [2.05, 4.69) is 295 Å². The summed E-state index contributed by atoms with van der Waals surface area (Å²) in [5, 5.41) is 8.12. The predicted octanol–water partition coefficient (Wildman–Crippen LogP) is 29.4. The second-order valence-electron chi connectivity index (χ2n) is 28.8. The van der Waals surface area contributed by atoms with Crippen LogP contribution in [0.1, 0.15) is 0 Å². The molecule has 0 aliphatic heterocycles. The quantitative estimate of drug-likeness (QED) is 0.111. The molecule has 0 aliphatic rings. The average molecular weight is 1640 g/mol. The monoisotopic (exact) mass is 1630 g/mol. The summed E-state index contributed by atoms with van der Waals surface area (Å²) in [5.74, 6) is 3.30. The summed E-state index contributed by atoms with van der Waals surface area (Å²) in [6, 6.07) is 136. The van der Waals surface area contributed by atoms with Crippen molar-refractivity contribution in [2.24, 2.45) is 0 Å². The van der Waals surface area contributed by atoms with Gasteiger partial charge in [-0.05, 0) is 180 Å². The predicted molar refractivity (Wildman–Crippen MR) is 500 cm³/mol. The summed E-state index contributed by atoms with van der Waals surface area (Å²) in [4.78, 5) is 40.9. The van der Waals surface area contributed by atoms with Crippen molar-refractivity contribution in [3.05, 3.63) is 410 Å². The van der Waals surface area contributed by atoms with Crippen LogP contribution in [0.4, 0.5) is 0 Å². The van der Waals surface area contributed by atoms with Crippen molar-refractivity contribution in [1.82, 2.24) is 49.4 Å². The molecular weight excluding hydrogens is 1570 g/mol. The Morgan fingerprint density at radius 3 is 0.983 bits per heavy atom. The van der Waals surface area contributed by atoms with E-state index in [1.54, 1.807) is 0 Å². The molecule has 0 bridgehead atoms. The van der Waals surface area contributed by atoms with Gasteiger partial charge in [-0.3, -0.25) is 0 Å². The van der Waals surface area contributed by atoms with Gasteiger partial charge >= 0.3 is 0 Å². The molecule has 22 aromatic rings. The number of fused-ring (bicyclic) bond motifs is 9. The van der Waals surface area contributed by atoms with E-state index in [0.717, 1.165) is 89.1 Å². The summed E-state index contributed by atoms with van der Waals surface area (Å²) in [6.07, 6.45) is 0. The molecule has 0 amide bonds. The maximum atomic E-state index is 6.44. The van der Waals surface area contributed by atoms with Crippen LogP contribution in [0.5, 0.6) is 0 Å². The third-order valence-corrected chi connectivity index (χ3v) is 24.2. The smallest absolute Gasteiger partial charge is 0.226 e. The molecule has 0 radical (unpaired) electrons. The van der Waals surface area contributed by atoms with E-state index in [9.17, 15) is 0 Å². The molecule has 15 heteroatoms. The highest BCUT2D eigenvalue weighted by Crippen LogP contribution is 2.43. The minimum atomic E-state index is 0.165. The molecule has 16 aromatic carbocycles. The molecule has 0 atom stereocenters. The van der Waals surface area contributed by atoms with E-state index in [-0.39, 0.29) is 15.9 Å². The minimum Gasteiger partial charge on any atom is -0.309 e. The van der Waals surface area contributed by atoms with Crippen molar-refractivity contribution in [3.8, 4) is 141 Å². The molecular formula is C105H65Cl3N10S2. The second kappa shape index (κ2) is 33.0. The second-order valence-corrected chi connectivity index (χ2v) is 32.0. The zero-order valence-corrected chi connectivity index (χ0v) is 67.9. The Kier molecular flexibility index (Phi) is 20.5. The molecule has 568 valence electrons. The maximum Gasteiger partial charge on any atom is 0.226 e. The normalized spacial score (nSPS) is 11.3. The van der Waals surface area contributed by atoms with Crippen molar-refractivity contribution in [2.45, 2.75) is 0 Å². The number of thiophene rings is 2. The first-order valence-corrected chi connectivity index (χ1v) is 41.9. The van der Waals surface area contributed by atoms with E-state index in [0.29, 0.717) is 34.9 Å². The number of benzene rings is 16. The SMILES string of the molecule is Clc1nc(-c2ccc(-c3ccccc3)cc2)nc(-c2cccc(-c3ccc4c(c3)c3ccccc3n4-c3ccccc3)c2)n1.Clc1nc(-c2ccc(-c3ccccc3)cc2)nc(-c2cccc(-c3ccc4sc5ccccc5c4c3)c2)n1.Clc1nc(-c2ccccc2)nc(-c2cccc(-c3cccc(-c4cccc5c4sc4ccccc45)c3)c2)n1. The lowest BCUT2D eigenvalue weighted by atomic mass is 9.97. The Morgan fingerprint density at radius 2 is 0.483 bits per heavy atom. The van der Waals surface area contributed by atoms with Crippen LogP contribution in [-0.4, -0.2) is 49.4 Å². The number of hydrogen-bond acceptors (Lipinski definition) is 11.